The van der Waals surface area contributed by atoms with Crippen LogP contribution in [0.2, 0.25) is 0 Å². The molecule has 1 aliphatic rings. The Hall–Kier alpha value is -0.480. The number of hydrogen-bond acceptors (Lipinski definition) is 3. The molecule has 0 aliphatic carbocycles. The molecule has 1 fully saturated rings. The lowest BCUT2D eigenvalue weighted by Gasteiger charge is -2.18. The molecule has 2 heterocycles. The fourth-order valence-corrected chi connectivity index (χ4v) is 2.60. The van der Waals surface area contributed by atoms with Crippen LogP contribution in [0.5, 0.6) is 0 Å². The summed E-state index contributed by atoms with van der Waals surface area (Å²) in [5, 5.41) is 0. The van der Waals surface area contributed by atoms with Crippen molar-refractivity contribution < 1.29 is 0 Å². The molecule has 0 spiro atoms. The lowest BCUT2D eigenvalue weighted by molar-refractivity contribution is 0.480. The van der Waals surface area contributed by atoms with Crippen molar-refractivity contribution in [2.45, 2.75) is 12.0 Å². The number of nitrogens with zero attached hydrogens (tertiary/aromatic N) is 1. The number of H-pyrrole nitrogens is 1. The van der Waals surface area contributed by atoms with Crippen LogP contribution in [0.4, 0.5) is 0 Å². The van der Waals surface area contributed by atoms with Gasteiger partial charge < -0.3 is 10.7 Å². The van der Waals surface area contributed by atoms with Gasteiger partial charge in [-0.05, 0) is 12.2 Å². The Balaban J connectivity index is 2.27. The molecular formula is C7H11N3S. The molecule has 2 rings (SSSR count). The molecule has 1 aromatic heterocycles. The molecular weight excluding hydrogens is 158 g/mol. The first-order valence-corrected chi connectivity index (χ1v) is 4.83. The SMILES string of the molecule is N[C@]1(c2ncc[nH]2)CCSC1. The van der Waals surface area contributed by atoms with E-state index < -0.39 is 0 Å². The first-order chi connectivity index (χ1) is 5.31. The van der Waals surface area contributed by atoms with Gasteiger partial charge in [0.15, 0.2) is 0 Å². The fraction of sp³-hybridized carbons (Fsp3) is 0.571. The van der Waals surface area contributed by atoms with Crippen LogP contribution >= 0.6 is 11.8 Å². The van der Waals surface area contributed by atoms with E-state index in [1.165, 1.54) is 0 Å². The molecule has 0 unspecified atom stereocenters. The summed E-state index contributed by atoms with van der Waals surface area (Å²) in [6.45, 7) is 0. The number of aromatic amines is 1. The predicted octanol–water partition coefficient (Wildman–Crippen LogP) is 0.701. The van der Waals surface area contributed by atoms with Crippen molar-refractivity contribution in [1.29, 1.82) is 0 Å². The summed E-state index contributed by atoms with van der Waals surface area (Å²) in [7, 11) is 0. The fourth-order valence-electron chi connectivity index (χ4n) is 1.31. The molecule has 0 bridgehead atoms. The molecule has 1 aromatic rings. The maximum Gasteiger partial charge on any atom is 0.127 e. The Morgan fingerprint density at radius 2 is 2.64 bits per heavy atom. The van der Waals surface area contributed by atoms with E-state index in [1.807, 2.05) is 18.0 Å². The Kier molecular flexibility index (Phi) is 1.65. The van der Waals surface area contributed by atoms with Crippen LogP contribution in [0.15, 0.2) is 12.4 Å². The van der Waals surface area contributed by atoms with Gasteiger partial charge in [0.25, 0.3) is 0 Å². The zero-order valence-electron chi connectivity index (χ0n) is 6.21. The largest absolute Gasteiger partial charge is 0.347 e. The highest BCUT2D eigenvalue weighted by molar-refractivity contribution is 7.99. The molecule has 11 heavy (non-hydrogen) atoms. The third-order valence-corrected chi connectivity index (χ3v) is 3.23. The van der Waals surface area contributed by atoms with Gasteiger partial charge in [0.05, 0.1) is 5.54 Å². The van der Waals surface area contributed by atoms with E-state index in [0.29, 0.717) is 0 Å². The van der Waals surface area contributed by atoms with Crippen LogP contribution in [0.25, 0.3) is 0 Å². The molecule has 0 radical (unpaired) electrons. The van der Waals surface area contributed by atoms with Gasteiger partial charge in [-0.3, -0.25) is 0 Å². The summed E-state index contributed by atoms with van der Waals surface area (Å²) in [5.41, 5.74) is 5.92. The maximum absolute atomic E-state index is 6.11. The van der Waals surface area contributed by atoms with Gasteiger partial charge in [-0.1, -0.05) is 0 Å². The molecule has 0 amide bonds. The number of nitrogens with two attached hydrogens (primary N) is 1. The van der Waals surface area contributed by atoms with Gasteiger partial charge in [-0.15, -0.1) is 0 Å². The molecule has 1 aliphatic heterocycles. The molecule has 1 saturated heterocycles. The van der Waals surface area contributed by atoms with Crippen molar-refractivity contribution in [2.75, 3.05) is 11.5 Å². The van der Waals surface area contributed by atoms with Crippen molar-refractivity contribution in [3.8, 4) is 0 Å². The number of hydrogen-bond donors (Lipinski definition) is 2. The Morgan fingerprint density at radius 1 is 1.73 bits per heavy atom. The van der Waals surface area contributed by atoms with Crippen LogP contribution in [0, 0.1) is 0 Å². The standard InChI is InChI=1S/C7H11N3S/c8-7(1-4-11-5-7)6-9-2-3-10-6/h2-3H,1,4-5,8H2,(H,9,10)/t7-/m1/s1. The molecule has 1 atom stereocenters. The number of thioether (sulfide) groups is 1. The quantitative estimate of drug-likeness (QED) is 0.650. The van der Waals surface area contributed by atoms with E-state index in [1.54, 1.807) is 6.20 Å². The second-order valence-corrected chi connectivity index (χ2v) is 4.00. The summed E-state index contributed by atoms with van der Waals surface area (Å²) < 4.78 is 0. The van der Waals surface area contributed by atoms with Crippen molar-refractivity contribution in [1.82, 2.24) is 9.97 Å². The van der Waals surface area contributed by atoms with Gasteiger partial charge >= 0.3 is 0 Å². The number of aromatic nitrogens is 2. The van der Waals surface area contributed by atoms with Gasteiger partial charge in [0.2, 0.25) is 0 Å². The second-order valence-electron chi connectivity index (χ2n) is 2.90. The summed E-state index contributed by atoms with van der Waals surface area (Å²) in [5.74, 6) is 3.07. The first kappa shape index (κ1) is 7.18. The highest BCUT2D eigenvalue weighted by Gasteiger charge is 2.33. The van der Waals surface area contributed by atoms with Crippen LogP contribution in [0.3, 0.4) is 0 Å². The van der Waals surface area contributed by atoms with Crippen molar-refractivity contribution >= 4 is 11.8 Å². The lowest BCUT2D eigenvalue weighted by atomic mass is 10.0. The van der Waals surface area contributed by atoms with Gasteiger partial charge in [-0.25, -0.2) is 4.98 Å². The minimum absolute atomic E-state index is 0.186. The van der Waals surface area contributed by atoms with Crippen LogP contribution in [-0.4, -0.2) is 21.5 Å². The third-order valence-electron chi connectivity index (χ3n) is 2.02. The van der Waals surface area contributed by atoms with Crippen LogP contribution in [0.1, 0.15) is 12.2 Å². The normalized spacial score (nSPS) is 31.0. The van der Waals surface area contributed by atoms with E-state index in [0.717, 1.165) is 23.8 Å². The van der Waals surface area contributed by atoms with Gasteiger partial charge in [-0.2, -0.15) is 11.8 Å². The summed E-state index contributed by atoms with van der Waals surface area (Å²) >= 11 is 1.89. The average molecular weight is 169 g/mol. The van der Waals surface area contributed by atoms with E-state index >= 15 is 0 Å². The minimum atomic E-state index is -0.186. The first-order valence-electron chi connectivity index (χ1n) is 3.68. The Labute approximate surface area is 69.8 Å². The molecule has 3 nitrogen and oxygen atoms in total. The number of nitrogens with one attached hydrogen (secondary N) is 1. The topological polar surface area (TPSA) is 54.7 Å². The van der Waals surface area contributed by atoms with Crippen LogP contribution < -0.4 is 5.73 Å². The average Bonchev–Trinajstić information content (AvgIpc) is 2.55. The van der Waals surface area contributed by atoms with E-state index in [2.05, 4.69) is 9.97 Å². The van der Waals surface area contributed by atoms with Crippen molar-refractivity contribution in [3.05, 3.63) is 18.2 Å². The lowest BCUT2D eigenvalue weighted by Crippen LogP contribution is -2.37. The maximum atomic E-state index is 6.11. The molecule has 60 valence electrons. The monoisotopic (exact) mass is 169 g/mol. The van der Waals surface area contributed by atoms with Gasteiger partial charge in [0.1, 0.15) is 5.82 Å². The number of imidazole rings is 1. The smallest absolute Gasteiger partial charge is 0.127 e. The van der Waals surface area contributed by atoms with Crippen LogP contribution in [-0.2, 0) is 5.54 Å². The second kappa shape index (κ2) is 2.53. The zero-order chi connectivity index (χ0) is 7.73. The molecule has 0 aromatic carbocycles. The summed E-state index contributed by atoms with van der Waals surface area (Å²) in [6.07, 6.45) is 4.62. The van der Waals surface area contributed by atoms with Crippen molar-refractivity contribution in [2.24, 2.45) is 5.73 Å². The van der Waals surface area contributed by atoms with Gasteiger partial charge in [0, 0.05) is 18.1 Å². The minimum Gasteiger partial charge on any atom is -0.347 e. The predicted molar refractivity (Wildman–Crippen MR) is 46.4 cm³/mol. The zero-order valence-corrected chi connectivity index (χ0v) is 7.03. The summed E-state index contributed by atoms with van der Waals surface area (Å²) in [6, 6.07) is 0. The van der Waals surface area contributed by atoms with Crippen molar-refractivity contribution in [3.63, 3.8) is 0 Å². The molecule has 4 heteroatoms. The highest BCUT2D eigenvalue weighted by atomic mass is 32.2. The third kappa shape index (κ3) is 1.16. The molecule has 3 N–H and O–H groups in total. The number of rotatable bonds is 1. The van der Waals surface area contributed by atoms with E-state index in [4.69, 9.17) is 5.73 Å². The molecule has 0 saturated carbocycles. The van der Waals surface area contributed by atoms with E-state index in [-0.39, 0.29) is 5.54 Å². The summed E-state index contributed by atoms with van der Waals surface area (Å²) in [4.78, 5) is 7.25. The Morgan fingerprint density at radius 3 is 3.18 bits per heavy atom. The highest BCUT2D eigenvalue weighted by Crippen LogP contribution is 2.32. The Bertz CT molecular complexity index is 226. The van der Waals surface area contributed by atoms with E-state index in [9.17, 15) is 0 Å².